The first-order chi connectivity index (χ1) is 12.5. The van der Waals surface area contributed by atoms with Crippen LogP contribution in [0, 0.1) is 10.1 Å². The fourth-order valence-corrected chi connectivity index (χ4v) is 3.59. The van der Waals surface area contributed by atoms with Crippen LogP contribution in [0.1, 0.15) is 4.88 Å². The van der Waals surface area contributed by atoms with E-state index in [2.05, 4.69) is 15.5 Å². The van der Waals surface area contributed by atoms with Gasteiger partial charge < -0.3 is 4.90 Å². The average molecular weight is 390 g/mol. The molecule has 2 aromatic heterocycles. The van der Waals surface area contributed by atoms with Crippen LogP contribution < -0.4 is 4.90 Å². The lowest BCUT2D eigenvalue weighted by Gasteiger charge is -2.16. The summed E-state index contributed by atoms with van der Waals surface area (Å²) in [5.41, 5.74) is 0.566. The molecular formula is C15H14N6O3S2. The van der Waals surface area contributed by atoms with Crippen molar-refractivity contribution >= 4 is 40.4 Å². The SMILES string of the molecule is CN(C(=O)CSc1nnnn1Cc1cccs1)c1ccc([N+](=O)[O-])cc1. The van der Waals surface area contributed by atoms with Gasteiger partial charge in [-0.25, -0.2) is 4.68 Å². The Morgan fingerprint density at radius 1 is 1.35 bits per heavy atom. The molecule has 1 amide bonds. The van der Waals surface area contributed by atoms with Gasteiger partial charge in [-0.15, -0.1) is 16.4 Å². The molecule has 0 bridgehead atoms. The van der Waals surface area contributed by atoms with Crippen molar-refractivity contribution in [2.45, 2.75) is 11.7 Å². The summed E-state index contributed by atoms with van der Waals surface area (Å²) in [6.07, 6.45) is 0. The van der Waals surface area contributed by atoms with Crippen molar-refractivity contribution in [2.75, 3.05) is 17.7 Å². The highest BCUT2D eigenvalue weighted by Crippen LogP contribution is 2.21. The van der Waals surface area contributed by atoms with Crippen molar-refractivity contribution in [3.63, 3.8) is 0 Å². The van der Waals surface area contributed by atoms with E-state index in [1.165, 1.54) is 28.8 Å². The molecular weight excluding hydrogens is 376 g/mol. The predicted octanol–water partition coefficient (Wildman–Crippen LogP) is 2.45. The van der Waals surface area contributed by atoms with E-state index in [9.17, 15) is 14.9 Å². The van der Waals surface area contributed by atoms with Crippen LogP contribution >= 0.6 is 23.1 Å². The number of anilines is 1. The molecule has 0 atom stereocenters. The Morgan fingerprint density at radius 3 is 2.77 bits per heavy atom. The molecule has 1 aromatic carbocycles. The molecule has 3 aromatic rings. The van der Waals surface area contributed by atoms with Gasteiger partial charge in [0, 0.05) is 29.7 Å². The number of nitrogens with zero attached hydrogens (tertiary/aromatic N) is 6. The van der Waals surface area contributed by atoms with Gasteiger partial charge in [0.1, 0.15) is 0 Å². The molecule has 0 spiro atoms. The van der Waals surface area contributed by atoms with E-state index in [0.717, 1.165) is 4.88 Å². The second-order valence-corrected chi connectivity index (χ2v) is 7.19. The maximum atomic E-state index is 12.4. The number of amides is 1. The van der Waals surface area contributed by atoms with Crippen LogP contribution in [0.15, 0.2) is 46.9 Å². The van der Waals surface area contributed by atoms with Gasteiger partial charge in [0.05, 0.1) is 17.2 Å². The number of nitro groups is 1. The number of thiophene rings is 1. The Kier molecular flexibility index (Phi) is 5.58. The molecule has 0 radical (unpaired) electrons. The molecule has 0 aliphatic heterocycles. The predicted molar refractivity (Wildman–Crippen MR) is 98.5 cm³/mol. The van der Waals surface area contributed by atoms with Gasteiger partial charge in [-0.3, -0.25) is 14.9 Å². The van der Waals surface area contributed by atoms with Crippen LogP contribution in [0.5, 0.6) is 0 Å². The third-order valence-corrected chi connectivity index (χ3v) is 5.33. The van der Waals surface area contributed by atoms with Gasteiger partial charge in [0.2, 0.25) is 11.1 Å². The van der Waals surface area contributed by atoms with Crippen LogP contribution in [0.4, 0.5) is 11.4 Å². The Hall–Kier alpha value is -2.79. The third kappa shape index (κ3) is 4.24. The fourth-order valence-electron chi connectivity index (χ4n) is 2.11. The summed E-state index contributed by atoms with van der Waals surface area (Å²) in [7, 11) is 1.62. The quantitative estimate of drug-likeness (QED) is 0.346. The van der Waals surface area contributed by atoms with Gasteiger partial charge in [-0.05, 0) is 34.0 Å². The van der Waals surface area contributed by atoms with Crippen molar-refractivity contribution < 1.29 is 9.72 Å². The molecule has 0 fully saturated rings. The van der Waals surface area contributed by atoms with Crippen molar-refractivity contribution in [1.29, 1.82) is 0 Å². The summed E-state index contributed by atoms with van der Waals surface area (Å²) < 4.78 is 1.65. The Morgan fingerprint density at radius 2 is 2.12 bits per heavy atom. The minimum atomic E-state index is -0.477. The molecule has 0 unspecified atom stereocenters. The summed E-state index contributed by atoms with van der Waals surface area (Å²) in [4.78, 5) is 25.2. The molecule has 0 aliphatic carbocycles. The van der Waals surface area contributed by atoms with E-state index in [0.29, 0.717) is 17.4 Å². The molecule has 11 heteroatoms. The Labute approximate surface area is 156 Å². The lowest BCUT2D eigenvalue weighted by atomic mass is 10.2. The molecule has 9 nitrogen and oxygen atoms in total. The molecule has 0 saturated carbocycles. The molecule has 0 saturated heterocycles. The Balaban J connectivity index is 1.60. The second kappa shape index (κ2) is 8.06. The topological polar surface area (TPSA) is 107 Å². The van der Waals surface area contributed by atoms with E-state index < -0.39 is 4.92 Å². The zero-order valence-corrected chi connectivity index (χ0v) is 15.3. The third-order valence-electron chi connectivity index (χ3n) is 3.53. The monoisotopic (exact) mass is 390 g/mol. The highest BCUT2D eigenvalue weighted by atomic mass is 32.2. The first-order valence-electron chi connectivity index (χ1n) is 7.47. The molecule has 0 N–H and O–H groups in total. The lowest BCUT2D eigenvalue weighted by Crippen LogP contribution is -2.28. The zero-order valence-electron chi connectivity index (χ0n) is 13.7. The number of aromatic nitrogens is 4. The number of hydrogen-bond donors (Lipinski definition) is 0. The first kappa shape index (κ1) is 18.0. The van der Waals surface area contributed by atoms with E-state index in [-0.39, 0.29) is 17.3 Å². The number of rotatable bonds is 7. The normalized spacial score (nSPS) is 10.7. The van der Waals surface area contributed by atoms with Crippen molar-refractivity contribution in [1.82, 2.24) is 20.2 Å². The fraction of sp³-hybridized carbons (Fsp3) is 0.200. The number of tetrazole rings is 1. The molecule has 2 heterocycles. The summed E-state index contributed by atoms with van der Waals surface area (Å²) in [5.74, 6) is -0.00675. The molecule has 26 heavy (non-hydrogen) atoms. The van der Waals surface area contributed by atoms with E-state index in [4.69, 9.17) is 0 Å². The highest BCUT2D eigenvalue weighted by molar-refractivity contribution is 7.99. The van der Waals surface area contributed by atoms with Gasteiger partial charge in [0.15, 0.2) is 0 Å². The summed E-state index contributed by atoms with van der Waals surface area (Å²) >= 11 is 2.86. The second-order valence-electron chi connectivity index (χ2n) is 5.21. The highest BCUT2D eigenvalue weighted by Gasteiger charge is 2.16. The van der Waals surface area contributed by atoms with Crippen molar-refractivity contribution in [2.24, 2.45) is 0 Å². The first-order valence-corrected chi connectivity index (χ1v) is 9.33. The van der Waals surface area contributed by atoms with Crippen molar-refractivity contribution in [3.8, 4) is 0 Å². The maximum Gasteiger partial charge on any atom is 0.269 e. The summed E-state index contributed by atoms with van der Waals surface area (Å²) in [5, 5.41) is 24.8. The Bertz CT molecular complexity index is 895. The number of nitro benzene ring substituents is 1. The summed E-state index contributed by atoms with van der Waals surface area (Å²) in [6.45, 7) is 0.555. The standard InChI is InChI=1S/C15H14N6O3S2/c1-19(11-4-6-12(7-5-11)21(23)24)14(22)10-26-15-16-17-18-20(15)9-13-3-2-8-25-13/h2-8H,9-10H2,1H3. The van der Waals surface area contributed by atoms with Gasteiger partial charge in [-0.1, -0.05) is 17.8 Å². The van der Waals surface area contributed by atoms with Crippen LogP contribution in [-0.4, -0.2) is 43.8 Å². The molecule has 134 valence electrons. The van der Waals surface area contributed by atoms with Gasteiger partial charge >= 0.3 is 0 Å². The number of benzene rings is 1. The lowest BCUT2D eigenvalue weighted by molar-refractivity contribution is -0.384. The smallest absolute Gasteiger partial charge is 0.269 e. The minimum absolute atomic E-state index is 0.0169. The minimum Gasteiger partial charge on any atom is -0.315 e. The molecule has 3 rings (SSSR count). The average Bonchev–Trinajstić information content (AvgIpc) is 3.31. The van der Waals surface area contributed by atoms with Crippen LogP contribution in [-0.2, 0) is 11.3 Å². The van der Waals surface area contributed by atoms with Gasteiger partial charge in [0.25, 0.3) is 5.69 Å². The number of carbonyl (C=O) groups is 1. The van der Waals surface area contributed by atoms with Crippen LogP contribution in [0.25, 0.3) is 0 Å². The number of carbonyl (C=O) groups excluding carboxylic acids is 1. The number of non-ortho nitro benzene ring substituents is 1. The van der Waals surface area contributed by atoms with Crippen LogP contribution in [0.3, 0.4) is 0 Å². The number of hydrogen-bond acceptors (Lipinski definition) is 8. The van der Waals surface area contributed by atoms with Crippen LogP contribution in [0.2, 0.25) is 0 Å². The summed E-state index contributed by atoms with van der Waals surface area (Å²) in [6, 6.07) is 9.78. The van der Waals surface area contributed by atoms with E-state index >= 15 is 0 Å². The maximum absolute atomic E-state index is 12.4. The van der Waals surface area contributed by atoms with Gasteiger partial charge in [-0.2, -0.15) is 0 Å². The van der Waals surface area contributed by atoms with E-state index in [1.54, 1.807) is 35.2 Å². The number of thioether (sulfide) groups is 1. The largest absolute Gasteiger partial charge is 0.315 e. The molecule has 0 aliphatic rings. The van der Waals surface area contributed by atoms with E-state index in [1.807, 2.05) is 17.5 Å². The zero-order chi connectivity index (χ0) is 18.5. The van der Waals surface area contributed by atoms with Crippen molar-refractivity contribution in [3.05, 3.63) is 56.8 Å².